The van der Waals surface area contributed by atoms with Crippen LogP contribution in [0.5, 0.6) is 0 Å². The molecule has 0 radical (unpaired) electrons. The third-order valence-corrected chi connectivity index (χ3v) is 1.79. The highest BCUT2D eigenvalue weighted by atomic mass is 16.1. The number of fused-ring (bicyclic) bond motifs is 1. The van der Waals surface area contributed by atoms with E-state index in [1.54, 1.807) is 19.2 Å². The average Bonchev–Trinajstić information content (AvgIpc) is 2.28. The Morgan fingerprint density at radius 2 is 2.33 bits per heavy atom. The van der Waals surface area contributed by atoms with Gasteiger partial charge in [0.25, 0.3) is 0 Å². The molecule has 0 aliphatic heterocycles. The van der Waals surface area contributed by atoms with Crippen LogP contribution in [0.1, 0.15) is 0 Å². The van der Waals surface area contributed by atoms with Crippen LogP contribution >= 0.6 is 0 Å². The standard InChI is InChI=1S/C7H8N4O/c1-11-4-2-3-5(8)9-6(4)10-7(11)12/h2-3H,1H3,(H3,8,9,10,12). The lowest BCUT2D eigenvalue weighted by atomic mass is 10.4. The van der Waals surface area contributed by atoms with Crippen LogP contribution in [0.4, 0.5) is 5.82 Å². The van der Waals surface area contributed by atoms with Gasteiger partial charge in [-0.3, -0.25) is 9.55 Å². The summed E-state index contributed by atoms with van der Waals surface area (Å²) < 4.78 is 1.49. The van der Waals surface area contributed by atoms with Crippen molar-refractivity contribution in [3.05, 3.63) is 22.6 Å². The SMILES string of the molecule is Cn1c(=O)[nH]c2nc(N)ccc21. The molecule has 3 N–H and O–H groups in total. The fraction of sp³-hybridized carbons (Fsp3) is 0.143. The second kappa shape index (κ2) is 2.10. The zero-order valence-electron chi connectivity index (χ0n) is 6.53. The first-order valence-corrected chi connectivity index (χ1v) is 3.50. The number of nitrogens with two attached hydrogens (primary N) is 1. The molecule has 0 amide bonds. The number of hydrogen-bond donors (Lipinski definition) is 2. The van der Waals surface area contributed by atoms with Gasteiger partial charge in [-0.05, 0) is 12.1 Å². The van der Waals surface area contributed by atoms with Crippen LogP contribution in [0.15, 0.2) is 16.9 Å². The summed E-state index contributed by atoms with van der Waals surface area (Å²) in [6.45, 7) is 0. The number of aromatic nitrogens is 3. The van der Waals surface area contributed by atoms with Crippen molar-refractivity contribution >= 4 is 17.0 Å². The number of rotatable bonds is 0. The number of nitrogen functional groups attached to an aromatic ring is 1. The number of H-pyrrole nitrogens is 1. The highest BCUT2D eigenvalue weighted by Gasteiger charge is 2.02. The van der Waals surface area contributed by atoms with E-state index in [1.807, 2.05) is 0 Å². The van der Waals surface area contributed by atoms with Crippen molar-refractivity contribution < 1.29 is 0 Å². The molecule has 2 heterocycles. The highest BCUT2D eigenvalue weighted by Crippen LogP contribution is 2.07. The molecule has 2 rings (SSSR count). The molecule has 0 aliphatic rings. The number of aryl methyl sites for hydroxylation is 1. The number of hydrogen-bond acceptors (Lipinski definition) is 3. The monoisotopic (exact) mass is 164 g/mol. The van der Waals surface area contributed by atoms with Crippen molar-refractivity contribution in [2.75, 3.05) is 5.73 Å². The van der Waals surface area contributed by atoms with Gasteiger partial charge in [-0.2, -0.15) is 0 Å². The first-order chi connectivity index (χ1) is 5.68. The van der Waals surface area contributed by atoms with Crippen LogP contribution in [0.3, 0.4) is 0 Å². The van der Waals surface area contributed by atoms with Crippen molar-refractivity contribution in [1.82, 2.24) is 14.5 Å². The molecule has 0 spiro atoms. The van der Waals surface area contributed by atoms with E-state index in [-0.39, 0.29) is 5.69 Å². The van der Waals surface area contributed by atoms with E-state index in [0.717, 1.165) is 5.52 Å². The minimum Gasteiger partial charge on any atom is -0.384 e. The van der Waals surface area contributed by atoms with Crippen LogP contribution < -0.4 is 11.4 Å². The summed E-state index contributed by atoms with van der Waals surface area (Å²) in [5.74, 6) is 0.407. The molecule has 0 aromatic carbocycles. The Bertz CT molecular complexity index is 482. The maximum atomic E-state index is 11.1. The number of imidazole rings is 1. The molecule has 0 saturated carbocycles. The van der Waals surface area contributed by atoms with Crippen LogP contribution in [0, 0.1) is 0 Å². The molecule has 0 aliphatic carbocycles. The van der Waals surface area contributed by atoms with Crippen molar-refractivity contribution in [1.29, 1.82) is 0 Å². The zero-order valence-corrected chi connectivity index (χ0v) is 6.53. The number of nitrogens with one attached hydrogen (secondary N) is 1. The third kappa shape index (κ3) is 0.795. The van der Waals surface area contributed by atoms with Crippen molar-refractivity contribution in [3.8, 4) is 0 Å². The van der Waals surface area contributed by atoms with Gasteiger partial charge in [0, 0.05) is 7.05 Å². The molecule has 62 valence electrons. The van der Waals surface area contributed by atoms with E-state index >= 15 is 0 Å². The van der Waals surface area contributed by atoms with E-state index in [2.05, 4.69) is 9.97 Å². The third-order valence-electron chi connectivity index (χ3n) is 1.79. The highest BCUT2D eigenvalue weighted by molar-refractivity contribution is 5.72. The number of anilines is 1. The first-order valence-electron chi connectivity index (χ1n) is 3.50. The normalized spacial score (nSPS) is 10.8. The fourth-order valence-corrected chi connectivity index (χ4v) is 1.12. The summed E-state index contributed by atoms with van der Waals surface area (Å²) >= 11 is 0. The molecule has 0 fully saturated rings. The second-order valence-corrected chi connectivity index (χ2v) is 2.59. The molecular formula is C7H8N4O. The fourth-order valence-electron chi connectivity index (χ4n) is 1.12. The topological polar surface area (TPSA) is 76.7 Å². The van der Waals surface area contributed by atoms with E-state index in [1.165, 1.54) is 4.57 Å². The summed E-state index contributed by atoms with van der Waals surface area (Å²) in [5.41, 5.74) is 6.55. The molecule has 0 saturated heterocycles. The molecule has 0 unspecified atom stereocenters. The first kappa shape index (κ1) is 6.90. The molecule has 5 nitrogen and oxygen atoms in total. The lowest BCUT2D eigenvalue weighted by molar-refractivity contribution is 0.891. The summed E-state index contributed by atoms with van der Waals surface area (Å²) in [5, 5.41) is 0. The molecule has 2 aromatic heterocycles. The summed E-state index contributed by atoms with van der Waals surface area (Å²) in [4.78, 5) is 17.6. The molecule has 2 aromatic rings. The second-order valence-electron chi connectivity index (χ2n) is 2.59. The van der Waals surface area contributed by atoms with E-state index in [0.29, 0.717) is 11.5 Å². The molecule has 5 heteroatoms. The van der Waals surface area contributed by atoms with Gasteiger partial charge < -0.3 is 5.73 Å². The maximum absolute atomic E-state index is 11.1. The van der Waals surface area contributed by atoms with Crippen LogP contribution in [-0.4, -0.2) is 14.5 Å². The number of aromatic amines is 1. The van der Waals surface area contributed by atoms with Gasteiger partial charge in [0.1, 0.15) is 5.82 Å². The van der Waals surface area contributed by atoms with Gasteiger partial charge in [0.2, 0.25) is 0 Å². The van der Waals surface area contributed by atoms with Crippen LogP contribution in [-0.2, 0) is 7.05 Å². The minimum atomic E-state index is -0.178. The smallest absolute Gasteiger partial charge is 0.327 e. The molecule has 12 heavy (non-hydrogen) atoms. The van der Waals surface area contributed by atoms with Gasteiger partial charge in [-0.25, -0.2) is 9.78 Å². The summed E-state index contributed by atoms with van der Waals surface area (Å²) in [7, 11) is 1.68. The van der Waals surface area contributed by atoms with Crippen LogP contribution in [0.2, 0.25) is 0 Å². The lowest BCUT2D eigenvalue weighted by Gasteiger charge is -1.92. The molecule has 0 bridgehead atoms. The summed E-state index contributed by atoms with van der Waals surface area (Å²) in [6.07, 6.45) is 0. The van der Waals surface area contributed by atoms with E-state index in [9.17, 15) is 4.79 Å². The lowest BCUT2D eigenvalue weighted by Crippen LogP contribution is -2.11. The number of pyridine rings is 1. The Morgan fingerprint density at radius 3 is 3.08 bits per heavy atom. The van der Waals surface area contributed by atoms with Gasteiger partial charge in [0.05, 0.1) is 5.52 Å². The van der Waals surface area contributed by atoms with E-state index < -0.39 is 0 Å². The Kier molecular flexibility index (Phi) is 1.21. The summed E-state index contributed by atoms with van der Waals surface area (Å²) in [6, 6.07) is 3.42. The largest absolute Gasteiger partial charge is 0.384 e. The van der Waals surface area contributed by atoms with Gasteiger partial charge in [0.15, 0.2) is 5.65 Å². The minimum absolute atomic E-state index is 0.178. The predicted molar refractivity (Wildman–Crippen MR) is 45.7 cm³/mol. The van der Waals surface area contributed by atoms with Crippen molar-refractivity contribution in [3.63, 3.8) is 0 Å². The van der Waals surface area contributed by atoms with Gasteiger partial charge in [-0.1, -0.05) is 0 Å². The Labute approximate surface area is 67.8 Å². The van der Waals surface area contributed by atoms with Gasteiger partial charge in [-0.15, -0.1) is 0 Å². The van der Waals surface area contributed by atoms with Crippen LogP contribution in [0.25, 0.3) is 11.2 Å². The number of nitrogens with zero attached hydrogens (tertiary/aromatic N) is 2. The Balaban J connectivity index is 2.96. The Morgan fingerprint density at radius 1 is 1.58 bits per heavy atom. The quantitative estimate of drug-likeness (QED) is 0.568. The molecular weight excluding hydrogens is 156 g/mol. The average molecular weight is 164 g/mol. The predicted octanol–water partition coefficient (Wildman–Crippen LogP) is -0.156. The van der Waals surface area contributed by atoms with E-state index in [4.69, 9.17) is 5.73 Å². The van der Waals surface area contributed by atoms with Crippen molar-refractivity contribution in [2.45, 2.75) is 0 Å². The molecule has 0 atom stereocenters. The van der Waals surface area contributed by atoms with Gasteiger partial charge >= 0.3 is 5.69 Å². The Hall–Kier alpha value is -1.78. The van der Waals surface area contributed by atoms with Crippen molar-refractivity contribution in [2.24, 2.45) is 7.05 Å². The maximum Gasteiger partial charge on any atom is 0.327 e. The zero-order chi connectivity index (χ0) is 8.72.